The number of rotatable bonds is 5. The minimum absolute atomic E-state index is 0.0162. The molecule has 0 saturated carbocycles. The minimum Gasteiger partial charge on any atom is -0.298 e. The summed E-state index contributed by atoms with van der Waals surface area (Å²) in [6.45, 7) is 5.80. The first-order valence-electron chi connectivity index (χ1n) is 10.1. The van der Waals surface area contributed by atoms with Crippen molar-refractivity contribution in [2.24, 2.45) is 0 Å². The molecular formula is C23H24Cl2N4O. The molecule has 0 amide bonds. The van der Waals surface area contributed by atoms with Crippen molar-refractivity contribution in [2.45, 2.75) is 33.4 Å². The Morgan fingerprint density at radius 2 is 1.73 bits per heavy atom. The highest BCUT2D eigenvalue weighted by atomic mass is 35.5. The fraction of sp³-hybridized carbons (Fsp3) is 0.304. The first-order chi connectivity index (χ1) is 14.5. The highest BCUT2D eigenvalue weighted by molar-refractivity contribution is 6.35. The Morgan fingerprint density at radius 1 is 1.03 bits per heavy atom. The van der Waals surface area contributed by atoms with E-state index in [1.54, 1.807) is 10.6 Å². The van der Waals surface area contributed by atoms with Gasteiger partial charge in [-0.1, -0.05) is 60.5 Å². The van der Waals surface area contributed by atoms with Crippen molar-refractivity contribution in [3.8, 4) is 0 Å². The monoisotopic (exact) mass is 442 g/mol. The lowest BCUT2D eigenvalue weighted by molar-refractivity contribution is 0.200. The van der Waals surface area contributed by atoms with E-state index >= 15 is 0 Å². The molecule has 30 heavy (non-hydrogen) atoms. The Bertz CT molecular complexity index is 1090. The average Bonchev–Trinajstić information content (AvgIpc) is 2.72. The first kappa shape index (κ1) is 20.9. The Kier molecular flexibility index (Phi) is 6.14. The maximum absolute atomic E-state index is 13.2. The topological polar surface area (TPSA) is 41.4 Å². The fourth-order valence-electron chi connectivity index (χ4n) is 3.90. The van der Waals surface area contributed by atoms with Crippen LogP contribution in [0.4, 0.5) is 11.6 Å². The average molecular weight is 443 g/mol. The molecule has 0 fully saturated rings. The molecule has 0 atom stereocenters. The molecule has 0 aliphatic carbocycles. The fourth-order valence-corrected chi connectivity index (χ4v) is 4.41. The van der Waals surface area contributed by atoms with E-state index in [9.17, 15) is 4.79 Å². The van der Waals surface area contributed by atoms with Crippen molar-refractivity contribution >= 4 is 34.8 Å². The summed E-state index contributed by atoms with van der Waals surface area (Å²) in [5.41, 5.74) is 3.63. The second-order valence-corrected chi connectivity index (χ2v) is 8.40. The van der Waals surface area contributed by atoms with Gasteiger partial charge in [-0.05, 0) is 43.5 Å². The summed E-state index contributed by atoms with van der Waals surface area (Å²) in [5.74, 6) is 0.629. The van der Waals surface area contributed by atoms with E-state index in [0.29, 0.717) is 35.8 Å². The molecule has 0 spiro atoms. The smallest absolute Gasteiger partial charge is 0.259 e. The number of fused-ring (bicyclic) bond motifs is 1. The van der Waals surface area contributed by atoms with Gasteiger partial charge in [-0.15, -0.1) is 0 Å². The third-order valence-corrected chi connectivity index (χ3v) is 5.88. The minimum atomic E-state index is 0.0162. The normalized spacial score (nSPS) is 14.1. The van der Waals surface area contributed by atoms with E-state index < -0.39 is 0 Å². The Labute approximate surface area is 186 Å². The van der Waals surface area contributed by atoms with Gasteiger partial charge in [0, 0.05) is 33.5 Å². The second kappa shape index (κ2) is 8.80. The van der Waals surface area contributed by atoms with Gasteiger partial charge >= 0.3 is 0 Å². The molecule has 4 rings (SSSR count). The van der Waals surface area contributed by atoms with Gasteiger partial charge in [-0.2, -0.15) is 0 Å². The SMILES string of the molecule is CCc1c(C)nc2n(c1=O)CN(CCc1ccccc1)CN2c1cc(Cl)cc(Cl)c1. The van der Waals surface area contributed by atoms with Gasteiger partial charge in [0.1, 0.15) is 0 Å². The molecular weight excluding hydrogens is 419 g/mol. The number of aryl methyl sites for hydroxylation is 1. The zero-order chi connectivity index (χ0) is 21.3. The van der Waals surface area contributed by atoms with Crippen molar-refractivity contribution in [3.63, 3.8) is 0 Å². The summed E-state index contributed by atoms with van der Waals surface area (Å²) in [4.78, 5) is 22.3. The summed E-state index contributed by atoms with van der Waals surface area (Å²) >= 11 is 12.5. The predicted octanol–water partition coefficient (Wildman–Crippen LogP) is 5.03. The molecule has 2 heterocycles. The molecule has 0 N–H and O–H groups in total. The zero-order valence-electron chi connectivity index (χ0n) is 17.1. The van der Waals surface area contributed by atoms with Crippen LogP contribution in [0.3, 0.4) is 0 Å². The summed E-state index contributed by atoms with van der Waals surface area (Å²) in [6, 6.07) is 15.8. The molecule has 1 aromatic heterocycles. The Balaban J connectivity index is 1.74. The third-order valence-electron chi connectivity index (χ3n) is 5.45. The van der Waals surface area contributed by atoms with Crippen LogP contribution >= 0.6 is 23.2 Å². The summed E-state index contributed by atoms with van der Waals surface area (Å²) < 4.78 is 1.76. The number of hydrogen-bond acceptors (Lipinski definition) is 4. The molecule has 7 heteroatoms. The van der Waals surface area contributed by atoms with Crippen molar-refractivity contribution < 1.29 is 0 Å². The number of hydrogen-bond donors (Lipinski definition) is 0. The molecule has 156 valence electrons. The molecule has 0 unspecified atom stereocenters. The third kappa shape index (κ3) is 4.24. The number of benzene rings is 2. The van der Waals surface area contributed by atoms with Crippen LogP contribution in [0.5, 0.6) is 0 Å². The first-order valence-corrected chi connectivity index (χ1v) is 10.8. The van der Waals surface area contributed by atoms with Crippen molar-refractivity contribution in [1.82, 2.24) is 14.5 Å². The van der Waals surface area contributed by atoms with Gasteiger partial charge in [0.15, 0.2) is 0 Å². The summed E-state index contributed by atoms with van der Waals surface area (Å²) in [5, 5.41) is 1.10. The van der Waals surface area contributed by atoms with Crippen LogP contribution in [-0.2, 0) is 19.5 Å². The van der Waals surface area contributed by atoms with Crippen LogP contribution in [0.1, 0.15) is 23.7 Å². The predicted molar refractivity (Wildman–Crippen MR) is 123 cm³/mol. The van der Waals surface area contributed by atoms with Crippen molar-refractivity contribution in [1.29, 1.82) is 0 Å². The van der Waals surface area contributed by atoms with E-state index in [1.807, 2.05) is 49.1 Å². The maximum atomic E-state index is 13.2. The lowest BCUT2D eigenvalue weighted by Crippen LogP contribution is -2.48. The molecule has 2 aromatic carbocycles. The lowest BCUT2D eigenvalue weighted by Gasteiger charge is -2.38. The van der Waals surface area contributed by atoms with E-state index in [-0.39, 0.29) is 5.56 Å². The molecule has 1 aliphatic rings. The van der Waals surface area contributed by atoms with Crippen molar-refractivity contribution in [3.05, 3.63) is 85.8 Å². The Hall–Kier alpha value is -2.34. The molecule has 5 nitrogen and oxygen atoms in total. The number of nitrogens with zero attached hydrogens (tertiary/aromatic N) is 4. The van der Waals surface area contributed by atoms with Gasteiger partial charge in [0.05, 0.1) is 13.3 Å². The van der Waals surface area contributed by atoms with Crippen LogP contribution < -0.4 is 10.5 Å². The number of anilines is 2. The second-order valence-electron chi connectivity index (χ2n) is 7.53. The standard InChI is InChI=1S/C23H24Cl2N4O/c1-3-21-16(2)26-23-28(20-12-18(24)11-19(25)13-20)14-27(15-29(23)22(21)30)10-9-17-7-5-4-6-8-17/h4-8,11-13H,3,9-10,14-15H2,1-2H3. The summed E-state index contributed by atoms with van der Waals surface area (Å²) in [6.07, 6.45) is 1.56. The molecule has 0 bridgehead atoms. The summed E-state index contributed by atoms with van der Waals surface area (Å²) in [7, 11) is 0. The van der Waals surface area contributed by atoms with Crippen LogP contribution in [-0.4, -0.2) is 27.7 Å². The molecule has 0 radical (unpaired) electrons. The number of aromatic nitrogens is 2. The van der Waals surface area contributed by atoms with Gasteiger partial charge in [0.2, 0.25) is 5.95 Å². The van der Waals surface area contributed by atoms with Gasteiger partial charge in [-0.25, -0.2) is 4.98 Å². The maximum Gasteiger partial charge on any atom is 0.259 e. The van der Waals surface area contributed by atoms with Crippen LogP contribution in [0.2, 0.25) is 10.0 Å². The van der Waals surface area contributed by atoms with E-state index in [1.165, 1.54) is 5.56 Å². The largest absolute Gasteiger partial charge is 0.298 e. The number of halogens is 2. The Morgan fingerprint density at radius 3 is 2.40 bits per heavy atom. The van der Waals surface area contributed by atoms with Crippen LogP contribution in [0, 0.1) is 6.92 Å². The van der Waals surface area contributed by atoms with E-state index in [0.717, 1.165) is 29.9 Å². The van der Waals surface area contributed by atoms with Crippen LogP contribution in [0.15, 0.2) is 53.3 Å². The van der Waals surface area contributed by atoms with Crippen LogP contribution in [0.25, 0.3) is 0 Å². The highest BCUT2D eigenvalue weighted by Gasteiger charge is 2.27. The van der Waals surface area contributed by atoms with Crippen molar-refractivity contribution in [2.75, 3.05) is 18.1 Å². The zero-order valence-corrected chi connectivity index (χ0v) is 18.6. The molecule has 3 aromatic rings. The lowest BCUT2D eigenvalue weighted by atomic mass is 10.1. The highest BCUT2D eigenvalue weighted by Crippen LogP contribution is 2.32. The molecule has 1 aliphatic heterocycles. The molecule has 0 saturated heterocycles. The van der Waals surface area contributed by atoms with Gasteiger partial charge in [0.25, 0.3) is 5.56 Å². The van der Waals surface area contributed by atoms with E-state index in [4.69, 9.17) is 28.2 Å². The quantitative estimate of drug-likeness (QED) is 0.555. The van der Waals surface area contributed by atoms with E-state index in [2.05, 4.69) is 17.0 Å². The van der Waals surface area contributed by atoms with Gasteiger partial charge < -0.3 is 0 Å². The van der Waals surface area contributed by atoms with Gasteiger partial charge in [-0.3, -0.25) is 19.2 Å².